The molecule has 14 nitrogen and oxygen atoms in total. The highest BCUT2D eigenvalue weighted by Gasteiger charge is 2.52. The number of esters is 1. The van der Waals surface area contributed by atoms with Crippen LogP contribution in [0.2, 0.25) is 0 Å². The number of nitrogens with zero attached hydrogens (tertiary/aromatic N) is 3. The number of anilines is 1. The van der Waals surface area contributed by atoms with Crippen LogP contribution in [0.3, 0.4) is 0 Å². The van der Waals surface area contributed by atoms with Crippen molar-refractivity contribution in [2.45, 2.75) is 71.4 Å². The molecule has 2 fully saturated rings. The van der Waals surface area contributed by atoms with Crippen molar-refractivity contribution in [2.75, 3.05) is 64.7 Å². The summed E-state index contributed by atoms with van der Waals surface area (Å²) in [5, 5.41) is -1.53. The summed E-state index contributed by atoms with van der Waals surface area (Å²) in [5.74, 6) is -1.91. The number of aromatic nitrogens is 1. The topological polar surface area (TPSA) is 152 Å². The zero-order valence-electron chi connectivity index (χ0n) is 29.6. The molecule has 1 amide bonds. The lowest BCUT2D eigenvalue weighted by atomic mass is 10.1. The van der Waals surface area contributed by atoms with E-state index in [1.54, 1.807) is 49.0 Å². The summed E-state index contributed by atoms with van der Waals surface area (Å²) >= 11 is 0. The predicted octanol–water partition coefficient (Wildman–Crippen LogP) is 6.11. The van der Waals surface area contributed by atoms with Gasteiger partial charge in [-0.15, -0.1) is 0 Å². The lowest BCUT2D eigenvalue weighted by molar-refractivity contribution is -0.133. The molecular formula is C33H48FN3O11P2. The number of piperazine rings is 1. The molecular weight excluding hydrogens is 695 g/mol. The van der Waals surface area contributed by atoms with E-state index in [4.69, 9.17) is 27.6 Å². The van der Waals surface area contributed by atoms with Gasteiger partial charge in [-0.25, -0.2) is 9.18 Å². The maximum Gasteiger partial charge on any atom is 0.346 e. The van der Waals surface area contributed by atoms with Crippen LogP contribution in [-0.2, 0) is 36.8 Å². The Morgan fingerprint density at radius 3 is 2.08 bits per heavy atom. The second kappa shape index (κ2) is 17.0. The van der Waals surface area contributed by atoms with Crippen molar-refractivity contribution in [2.24, 2.45) is 0 Å². The van der Waals surface area contributed by atoms with Crippen LogP contribution in [0, 0.1) is 5.82 Å². The number of rotatable bonds is 18. The zero-order valence-corrected chi connectivity index (χ0v) is 31.3. The Kier molecular flexibility index (Phi) is 13.5. The number of hydrogen-bond acceptors (Lipinski definition) is 12. The van der Waals surface area contributed by atoms with Crippen molar-refractivity contribution >= 4 is 43.7 Å². The van der Waals surface area contributed by atoms with Crippen molar-refractivity contribution < 1.29 is 50.7 Å². The molecule has 4 rings (SSSR count). The first kappa shape index (κ1) is 39.7. The number of amides is 1. The van der Waals surface area contributed by atoms with Gasteiger partial charge in [-0.05, 0) is 53.5 Å². The summed E-state index contributed by atoms with van der Waals surface area (Å²) in [5.41, 5.74) is -0.422. The van der Waals surface area contributed by atoms with Gasteiger partial charge in [0, 0.05) is 37.9 Å². The summed E-state index contributed by atoms with van der Waals surface area (Å²) in [7, 11) is -6.94. The predicted molar refractivity (Wildman–Crippen MR) is 187 cm³/mol. The third-order valence-electron chi connectivity index (χ3n) is 8.48. The first-order chi connectivity index (χ1) is 23.8. The number of halogens is 1. The Bertz CT molecular complexity index is 1680. The number of pyridine rings is 1. The summed E-state index contributed by atoms with van der Waals surface area (Å²) in [6.07, 6.45) is 3.93. The monoisotopic (exact) mass is 743 g/mol. The zero-order chi connectivity index (χ0) is 36.8. The standard InChI is InChI=1S/C33H48FN3O11P2/c1-8-17-44-33(40)25-21-37(23-13-14-23)29-24(31(25)39)18-26(34)30(32(29)43-7)35-15-16-36(22(6)20-35)27(38)19-28(49(41,45-9-2)46-10-3)50(42,47-11-4)48-12-5/h8,18,21-23,28H,1,9-17,19-20H2,2-7H3. The lowest BCUT2D eigenvalue weighted by Gasteiger charge is -2.42. The minimum Gasteiger partial charge on any atom is -0.492 e. The molecule has 1 saturated heterocycles. The number of methoxy groups -OCH3 is 1. The van der Waals surface area contributed by atoms with Crippen LogP contribution in [0.5, 0.6) is 5.75 Å². The van der Waals surface area contributed by atoms with Gasteiger partial charge >= 0.3 is 21.2 Å². The van der Waals surface area contributed by atoms with Crippen LogP contribution in [-0.4, -0.2) is 92.6 Å². The lowest BCUT2D eigenvalue weighted by Crippen LogP contribution is -2.54. The van der Waals surface area contributed by atoms with Gasteiger partial charge in [-0.3, -0.25) is 18.7 Å². The van der Waals surface area contributed by atoms with Crippen molar-refractivity contribution in [3.63, 3.8) is 0 Å². The van der Waals surface area contributed by atoms with Crippen molar-refractivity contribution in [1.29, 1.82) is 0 Å². The maximum atomic E-state index is 16.1. The highest BCUT2D eigenvalue weighted by molar-refractivity contribution is 7.72. The van der Waals surface area contributed by atoms with E-state index in [2.05, 4.69) is 6.58 Å². The van der Waals surface area contributed by atoms with Crippen molar-refractivity contribution in [3.05, 3.63) is 46.5 Å². The van der Waals surface area contributed by atoms with Crippen molar-refractivity contribution in [3.8, 4) is 5.75 Å². The van der Waals surface area contributed by atoms with E-state index >= 15 is 4.39 Å². The molecule has 1 unspecified atom stereocenters. The molecule has 1 aliphatic heterocycles. The van der Waals surface area contributed by atoms with Gasteiger partial charge in [0.2, 0.25) is 11.3 Å². The number of carbonyl (C=O) groups is 2. The fourth-order valence-corrected chi connectivity index (χ4v) is 11.5. The van der Waals surface area contributed by atoms with E-state index in [9.17, 15) is 23.5 Å². The molecule has 50 heavy (non-hydrogen) atoms. The molecule has 17 heteroatoms. The SMILES string of the molecule is C=CCOC(=O)c1cn(C2CC2)c2c(OC)c(N3CCN(C(=O)CC(P(=O)(OCC)OCC)P(=O)(OCC)OCC)C(C)C3)c(F)cc2c1=O. The summed E-state index contributed by atoms with van der Waals surface area (Å²) in [6, 6.07) is 0.594. The number of ether oxygens (including phenoxy) is 2. The van der Waals surface area contributed by atoms with E-state index in [0.29, 0.717) is 5.52 Å². The number of benzene rings is 1. The molecule has 1 aliphatic carbocycles. The van der Waals surface area contributed by atoms with E-state index in [1.807, 2.05) is 0 Å². The molecule has 1 saturated carbocycles. The fourth-order valence-electron chi connectivity index (χ4n) is 6.27. The smallest absolute Gasteiger partial charge is 0.346 e. The maximum absolute atomic E-state index is 16.1. The van der Waals surface area contributed by atoms with E-state index in [1.165, 1.54) is 19.4 Å². The third-order valence-corrected chi connectivity index (χ3v) is 14.5. The Morgan fingerprint density at radius 2 is 1.60 bits per heavy atom. The van der Waals surface area contributed by atoms with Gasteiger partial charge in [0.15, 0.2) is 17.0 Å². The summed E-state index contributed by atoms with van der Waals surface area (Å²) in [6.45, 7) is 12.0. The van der Waals surface area contributed by atoms with Crippen LogP contribution in [0.25, 0.3) is 10.9 Å². The molecule has 1 aromatic heterocycles. The minimum absolute atomic E-state index is 0.0167. The Hall–Kier alpha value is -3.06. The molecule has 2 aromatic rings. The average Bonchev–Trinajstić information content (AvgIpc) is 3.92. The third kappa shape index (κ3) is 8.19. The van der Waals surface area contributed by atoms with Crippen LogP contribution in [0.1, 0.15) is 70.3 Å². The first-order valence-electron chi connectivity index (χ1n) is 16.9. The molecule has 278 valence electrons. The fraction of sp³-hybridized carbons (Fsp3) is 0.606. The first-order valence-corrected chi connectivity index (χ1v) is 20.1. The Labute approximate surface area is 291 Å². The van der Waals surface area contributed by atoms with E-state index < -0.39 is 56.2 Å². The van der Waals surface area contributed by atoms with Gasteiger partial charge in [-0.2, -0.15) is 0 Å². The largest absolute Gasteiger partial charge is 0.492 e. The van der Waals surface area contributed by atoms with Crippen LogP contribution in [0.4, 0.5) is 10.1 Å². The average molecular weight is 744 g/mol. The normalized spacial score (nSPS) is 17.0. The Balaban J connectivity index is 1.68. The molecule has 1 atom stereocenters. The van der Waals surface area contributed by atoms with Gasteiger partial charge < -0.3 is 41.9 Å². The quantitative estimate of drug-likeness (QED) is 0.0984. The summed E-state index contributed by atoms with van der Waals surface area (Å²) < 4.78 is 78.9. The Morgan fingerprint density at radius 1 is 1.02 bits per heavy atom. The van der Waals surface area contributed by atoms with Gasteiger partial charge in [-0.1, -0.05) is 12.7 Å². The van der Waals surface area contributed by atoms with E-state index in [0.717, 1.165) is 18.9 Å². The van der Waals surface area contributed by atoms with E-state index in [-0.39, 0.29) is 81.1 Å². The molecule has 0 spiro atoms. The van der Waals surface area contributed by atoms with Crippen LogP contribution in [0.15, 0.2) is 29.7 Å². The minimum atomic E-state index is -4.16. The highest BCUT2D eigenvalue weighted by Crippen LogP contribution is 2.71. The van der Waals surface area contributed by atoms with Crippen molar-refractivity contribution in [1.82, 2.24) is 9.47 Å². The van der Waals surface area contributed by atoms with Gasteiger partial charge in [0.25, 0.3) is 0 Å². The number of carbonyl (C=O) groups excluding carboxylic acids is 2. The second-order valence-corrected chi connectivity index (χ2v) is 16.7. The van der Waals surface area contributed by atoms with Crippen LogP contribution < -0.4 is 15.1 Å². The van der Waals surface area contributed by atoms with Gasteiger partial charge in [0.1, 0.15) is 17.9 Å². The summed E-state index contributed by atoms with van der Waals surface area (Å²) in [4.78, 5) is 43.4. The number of fused-ring (bicyclic) bond motifs is 1. The molecule has 2 heterocycles. The van der Waals surface area contributed by atoms with Crippen LogP contribution >= 0.6 is 15.2 Å². The second-order valence-electron chi connectivity index (χ2n) is 11.9. The van der Waals surface area contributed by atoms with Gasteiger partial charge in [0.05, 0.1) is 50.9 Å². The molecule has 0 N–H and O–H groups in total. The number of hydrogen-bond donors (Lipinski definition) is 0. The highest BCUT2D eigenvalue weighted by atomic mass is 31.2. The molecule has 0 radical (unpaired) electrons. The molecule has 0 bridgehead atoms. The molecule has 1 aromatic carbocycles. The molecule has 2 aliphatic rings.